The molecule has 0 bridgehead atoms. The number of amides is 1. The lowest BCUT2D eigenvalue weighted by Gasteiger charge is -2.15. The molecule has 6 nitrogen and oxygen atoms in total. The number of imidazole rings is 1. The molecule has 1 saturated heterocycles. The highest BCUT2D eigenvalue weighted by Crippen LogP contribution is 2.33. The SMILES string of the molecule is COc1ccc(C=C2SC(=S)N(CCC(=O)n3c(SCc4ccccc4)nc4ccccc43)C2=O)cc1. The molecule has 0 aliphatic carbocycles. The van der Waals surface area contributed by atoms with Gasteiger partial charge >= 0.3 is 0 Å². The number of hydrogen-bond donors (Lipinski definition) is 0. The number of ether oxygens (including phenoxy) is 1. The monoisotopic (exact) mass is 545 g/mol. The number of thiocarbonyl (C=S) groups is 1. The minimum absolute atomic E-state index is 0.126. The van der Waals surface area contributed by atoms with Gasteiger partial charge in [-0.05, 0) is 41.5 Å². The third-order valence-corrected chi connectivity index (χ3v) is 8.21. The second-order valence-electron chi connectivity index (χ2n) is 8.24. The molecular formula is C28H23N3O3S3. The molecule has 0 spiro atoms. The van der Waals surface area contributed by atoms with Crippen LogP contribution < -0.4 is 4.74 Å². The Balaban J connectivity index is 1.31. The molecule has 0 unspecified atom stereocenters. The number of para-hydroxylation sites is 2. The Labute approximate surface area is 228 Å². The largest absolute Gasteiger partial charge is 0.497 e. The van der Waals surface area contributed by atoms with Crippen LogP contribution in [0.5, 0.6) is 5.75 Å². The molecule has 1 aliphatic rings. The number of carbonyl (C=O) groups is 2. The second-order valence-corrected chi connectivity index (χ2v) is 10.9. The van der Waals surface area contributed by atoms with Crippen molar-refractivity contribution in [2.75, 3.05) is 13.7 Å². The molecule has 1 fully saturated rings. The molecule has 0 saturated carbocycles. The summed E-state index contributed by atoms with van der Waals surface area (Å²) < 4.78 is 7.30. The van der Waals surface area contributed by atoms with Gasteiger partial charge in [0.15, 0.2) is 5.16 Å². The van der Waals surface area contributed by atoms with Gasteiger partial charge < -0.3 is 4.74 Å². The average Bonchev–Trinajstić information content (AvgIpc) is 3.43. The van der Waals surface area contributed by atoms with Gasteiger partial charge in [-0.1, -0.05) is 90.3 Å². The highest BCUT2D eigenvalue weighted by atomic mass is 32.2. The first-order chi connectivity index (χ1) is 18.0. The number of hydrogen-bond acceptors (Lipinski definition) is 7. The van der Waals surface area contributed by atoms with Crippen molar-refractivity contribution in [3.8, 4) is 5.75 Å². The Kier molecular flexibility index (Phi) is 7.73. The van der Waals surface area contributed by atoms with Crippen molar-refractivity contribution in [1.29, 1.82) is 0 Å². The highest BCUT2D eigenvalue weighted by Gasteiger charge is 2.32. The van der Waals surface area contributed by atoms with Crippen LogP contribution in [-0.4, -0.2) is 44.2 Å². The van der Waals surface area contributed by atoms with E-state index in [-0.39, 0.29) is 24.8 Å². The van der Waals surface area contributed by atoms with Crippen LogP contribution >= 0.6 is 35.7 Å². The van der Waals surface area contributed by atoms with Crippen LogP contribution in [0.1, 0.15) is 22.3 Å². The summed E-state index contributed by atoms with van der Waals surface area (Å²) in [4.78, 5) is 33.3. The predicted octanol–water partition coefficient (Wildman–Crippen LogP) is 6.27. The first-order valence-electron chi connectivity index (χ1n) is 11.6. The van der Waals surface area contributed by atoms with Crippen LogP contribution in [0.2, 0.25) is 0 Å². The fourth-order valence-electron chi connectivity index (χ4n) is 3.93. The summed E-state index contributed by atoms with van der Waals surface area (Å²) in [5, 5.41) is 0.639. The van der Waals surface area contributed by atoms with E-state index in [2.05, 4.69) is 12.1 Å². The van der Waals surface area contributed by atoms with Crippen molar-refractivity contribution in [2.24, 2.45) is 0 Å². The number of nitrogens with zero attached hydrogens (tertiary/aromatic N) is 3. The van der Waals surface area contributed by atoms with Crippen LogP contribution in [0.25, 0.3) is 17.1 Å². The molecule has 0 N–H and O–H groups in total. The molecule has 2 heterocycles. The maximum absolute atomic E-state index is 13.5. The maximum atomic E-state index is 13.5. The van der Waals surface area contributed by atoms with E-state index >= 15 is 0 Å². The van der Waals surface area contributed by atoms with Crippen molar-refractivity contribution in [3.63, 3.8) is 0 Å². The third-order valence-electron chi connectivity index (χ3n) is 5.83. The Morgan fingerprint density at radius 1 is 1.05 bits per heavy atom. The number of thioether (sulfide) groups is 2. The quantitative estimate of drug-likeness (QED) is 0.147. The molecule has 186 valence electrons. The first kappa shape index (κ1) is 25.3. The zero-order chi connectivity index (χ0) is 25.8. The topological polar surface area (TPSA) is 64.4 Å². The smallest absolute Gasteiger partial charge is 0.266 e. The van der Waals surface area contributed by atoms with E-state index in [1.807, 2.05) is 72.8 Å². The van der Waals surface area contributed by atoms with Gasteiger partial charge in [0.2, 0.25) is 5.91 Å². The summed E-state index contributed by atoms with van der Waals surface area (Å²) in [5.41, 5.74) is 3.55. The van der Waals surface area contributed by atoms with E-state index < -0.39 is 0 Å². The Bertz CT molecular complexity index is 1500. The normalized spacial score (nSPS) is 14.6. The van der Waals surface area contributed by atoms with Crippen LogP contribution in [0.15, 0.2) is 88.9 Å². The fraction of sp³-hybridized carbons (Fsp3) is 0.143. The molecule has 4 aromatic rings. The first-order valence-corrected chi connectivity index (χ1v) is 13.8. The summed E-state index contributed by atoms with van der Waals surface area (Å²) in [6, 6.07) is 25.1. The van der Waals surface area contributed by atoms with E-state index in [1.54, 1.807) is 11.7 Å². The van der Waals surface area contributed by atoms with Gasteiger partial charge in [-0.2, -0.15) is 0 Å². The van der Waals surface area contributed by atoms with Gasteiger partial charge in [0.1, 0.15) is 10.1 Å². The Morgan fingerprint density at radius 3 is 2.54 bits per heavy atom. The van der Waals surface area contributed by atoms with Gasteiger partial charge in [0.05, 0.1) is 23.0 Å². The summed E-state index contributed by atoms with van der Waals surface area (Å²) in [7, 11) is 1.61. The predicted molar refractivity (Wildman–Crippen MR) is 154 cm³/mol. The van der Waals surface area contributed by atoms with E-state index in [0.717, 1.165) is 27.9 Å². The second kappa shape index (κ2) is 11.3. The lowest BCUT2D eigenvalue weighted by molar-refractivity contribution is -0.122. The number of aromatic nitrogens is 2. The van der Waals surface area contributed by atoms with Gasteiger partial charge in [-0.25, -0.2) is 4.98 Å². The van der Waals surface area contributed by atoms with Crippen molar-refractivity contribution in [3.05, 3.63) is 94.9 Å². The number of methoxy groups -OCH3 is 1. The van der Waals surface area contributed by atoms with Crippen LogP contribution in [-0.2, 0) is 10.5 Å². The van der Waals surface area contributed by atoms with Crippen molar-refractivity contribution < 1.29 is 14.3 Å². The molecule has 0 radical (unpaired) electrons. The summed E-state index contributed by atoms with van der Waals surface area (Å²) in [6.07, 6.45) is 1.93. The van der Waals surface area contributed by atoms with E-state index in [0.29, 0.717) is 20.1 Å². The molecular weight excluding hydrogens is 523 g/mol. The minimum atomic E-state index is -0.187. The molecule has 9 heteroatoms. The fourth-order valence-corrected chi connectivity index (χ4v) is 6.22. The standard InChI is InChI=1S/C28H23N3O3S3/c1-34-21-13-11-19(12-14-21)17-24-26(33)30(28(35)37-24)16-15-25(32)31-23-10-6-5-9-22(23)29-27(31)36-18-20-7-3-2-4-8-20/h2-14,17H,15-16,18H2,1H3. The van der Waals surface area contributed by atoms with Crippen molar-refractivity contribution >= 4 is 69.0 Å². The lowest BCUT2D eigenvalue weighted by Crippen LogP contribution is -2.31. The average molecular weight is 546 g/mol. The molecule has 37 heavy (non-hydrogen) atoms. The molecule has 1 aliphatic heterocycles. The van der Waals surface area contributed by atoms with E-state index in [4.69, 9.17) is 21.9 Å². The van der Waals surface area contributed by atoms with Crippen molar-refractivity contribution in [2.45, 2.75) is 17.3 Å². The number of rotatable bonds is 8. The van der Waals surface area contributed by atoms with E-state index in [9.17, 15) is 9.59 Å². The van der Waals surface area contributed by atoms with Gasteiger partial charge in [-0.3, -0.25) is 19.1 Å². The molecule has 0 atom stereocenters. The zero-order valence-electron chi connectivity index (χ0n) is 20.0. The van der Waals surface area contributed by atoms with Crippen LogP contribution in [0.3, 0.4) is 0 Å². The summed E-state index contributed by atoms with van der Waals surface area (Å²) in [6.45, 7) is 0.207. The molecule has 1 amide bonds. The van der Waals surface area contributed by atoms with Gasteiger partial charge in [-0.15, -0.1) is 0 Å². The maximum Gasteiger partial charge on any atom is 0.266 e. The Hall–Kier alpha value is -3.40. The lowest BCUT2D eigenvalue weighted by atomic mass is 10.2. The summed E-state index contributed by atoms with van der Waals surface area (Å²) in [5.74, 6) is 1.13. The van der Waals surface area contributed by atoms with Crippen LogP contribution in [0, 0.1) is 0 Å². The number of fused-ring (bicyclic) bond motifs is 1. The van der Waals surface area contributed by atoms with Crippen molar-refractivity contribution in [1.82, 2.24) is 14.5 Å². The third kappa shape index (κ3) is 5.64. The van der Waals surface area contributed by atoms with Gasteiger partial charge in [0.25, 0.3) is 5.91 Å². The number of benzene rings is 3. The van der Waals surface area contributed by atoms with Crippen LogP contribution in [0.4, 0.5) is 0 Å². The minimum Gasteiger partial charge on any atom is -0.497 e. The van der Waals surface area contributed by atoms with E-state index in [1.165, 1.54) is 28.4 Å². The molecule has 3 aromatic carbocycles. The molecule has 1 aromatic heterocycles. The zero-order valence-corrected chi connectivity index (χ0v) is 22.4. The van der Waals surface area contributed by atoms with Gasteiger partial charge in [0, 0.05) is 18.7 Å². The Morgan fingerprint density at radius 2 is 1.78 bits per heavy atom. The number of carbonyl (C=O) groups excluding carboxylic acids is 2. The molecule has 5 rings (SSSR count). The highest BCUT2D eigenvalue weighted by molar-refractivity contribution is 8.26. The summed E-state index contributed by atoms with van der Waals surface area (Å²) >= 11 is 8.24.